The molecule has 0 N–H and O–H groups in total. The zero-order valence-corrected chi connectivity index (χ0v) is 10.3. The molecule has 0 rings (SSSR count). The van der Waals surface area contributed by atoms with Crippen molar-refractivity contribution in [3.63, 3.8) is 0 Å². The van der Waals surface area contributed by atoms with Gasteiger partial charge in [0.15, 0.2) is 0 Å². The summed E-state index contributed by atoms with van der Waals surface area (Å²) in [7, 11) is 3.33. The molecule has 0 amide bonds. The van der Waals surface area contributed by atoms with Crippen molar-refractivity contribution in [2.75, 3.05) is 47.3 Å². The van der Waals surface area contributed by atoms with Gasteiger partial charge in [-0.1, -0.05) is 13.8 Å². The molecule has 1 atom stereocenters. The molecular weight excluding hydrogens is 196 g/mol. The van der Waals surface area contributed by atoms with E-state index in [1.807, 2.05) is 0 Å². The first-order valence-electron chi connectivity index (χ1n) is 5.38. The Kier molecular flexibility index (Phi) is 10.3. The lowest BCUT2D eigenvalue weighted by Crippen LogP contribution is -2.26. The molecule has 0 bridgehead atoms. The minimum absolute atomic E-state index is 0.0145. The molecule has 4 heteroatoms. The molecule has 1 unspecified atom stereocenters. The van der Waals surface area contributed by atoms with Crippen molar-refractivity contribution in [1.82, 2.24) is 0 Å². The van der Waals surface area contributed by atoms with Crippen LogP contribution >= 0.6 is 0 Å². The Bertz CT molecular complexity index is 128. The van der Waals surface area contributed by atoms with E-state index in [2.05, 4.69) is 13.8 Å². The molecule has 4 nitrogen and oxygen atoms in total. The standard InChI is InChI=1S/C11H24O4/c1-10(2)7-15-9-11(13-4)8-14-6-5-12-3/h10-11H,5-9H2,1-4H3. The van der Waals surface area contributed by atoms with Crippen LogP contribution in [-0.4, -0.2) is 53.4 Å². The lowest BCUT2D eigenvalue weighted by molar-refractivity contribution is -0.0512. The Hall–Kier alpha value is -0.160. The fraction of sp³-hybridized carbons (Fsp3) is 1.00. The summed E-state index contributed by atoms with van der Waals surface area (Å²) in [6.07, 6.45) is 0.0145. The van der Waals surface area contributed by atoms with Gasteiger partial charge in [-0.25, -0.2) is 0 Å². The van der Waals surface area contributed by atoms with Gasteiger partial charge in [0.2, 0.25) is 0 Å². The van der Waals surface area contributed by atoms with Gasteiger partial charge in [0.1, 0.15) is 6.10 Å². The van der Waals surface area contributed by atoms with Gasteiger partial charge in [-0.15, -0.1) is 0 Å². The van der Waals surface area contributed by atoms with Crippen LogP contribution in [0.5, 0.6) is 0 Å². The van der Waals surface area contributed by atoms with E-state index in [9.17, 15) is 0 Å². The van der Waals surface area contributed by atoms with Crippen LogP contribution in [0.15, 0.2) is 0 Å². The lowest BCUT2D eigenvalue weighted by Gasteiger charge is -2.16. The summed E-state index contributed by atoms with van der Waals surface area (Å²) in [5.74, 6) is 0.553. The SMILES string of the molecule is COCCOCC(COCC(C)C)OC. The number of hydrogen-bond acceptors (Lipinski definition) is 4. The maximum Gasteiger partial charge on any atom is 0.104 e. The van der Waals surface area contributed by atoms with E-state index in [-0.39, 0.29) is 6.10 Å². The molecule has 0 aliphatic rings. The summed E-state index contributed by atoms with van der Waals surface area (Å²) < 4.78 is 20.9. The van der Waals surface area contributed by atoms with Crippen molar-refractivity contribution in [3.8, 4) is 0 Å². The Balaban J connectivity index is 3.38. The Labute approximate surface area is 92.8 Å². The van der Waals surface area contributed by atoms with Crippen LogP contribution < -0.4 is 0 Å². The van der Waals surface area contributed by atoms with Gasteiger partial charge < -0.3 is 18.9 Å². The number of hydrogen-bond donors (Lipinski definition) is 0. The molecule has 0 heterocycles. The number of methoxy groups -OCH3 is 2. The maximum atomic E-state index is 5.47. The Morgan fingerprint density at radius 3 is 2.07 bits per heavy atom. The van der Waals surface area contributed by atoms with Crippen molar-refractivity contribution in [1.29, 1.82) is 0 Å². The predicted octanol–water partition coefficient (Wildman–Crippen LogP) is 1.34. The fourth-order valence-corrected chi connectivity index (χ4v) is 0.976. The van der Waals surface area contributed by atoms with Crippen LogP contribution in [0, 0.1) is 5.92 Å². The topological polar surface area (TPSA) is 36.9 Å². The molecule has 0 aliphatic carbocycles. The monoisotopic (exact) mass is 220 g/mol. The van der Waals surface area contributed by atoms with E-state index in [1.165, 1.54) is 0 Å². The maximum absolute atomic E-state index is 5.47. The van der Waals surface area contributed by atoms with Crippen molar-refractivity contribution >= 4 is 0 Å². The molecule has 0 spiro atoms. The van der Waals surface area contributed by atoms with Gasteiger partial charge >= 0.3 is 0 Å². The molecule has 0 aliphatic heterocycles. The Morgan fingerprint density at radius 1 is 0.867 bits per heavy atom. The van der Waals surface area contributed by atoms with Crippen LogP contribution in [0.2, 0.25) is 0 Å². The minimum atomic E-state index is 0.0145. The first kappa shape index (κ1) is 14.8. The third kappa shape index (κ3) is 10.1. The van der Waals surface area contributed by atoms with Crippen molar-refractivity contribution in [3.05, 3.63) is 0 Å². The summed E-state index contributed by atoms with van der Waals surface area (Å²) in [6.45, 7) is 7.36. The molecule has 0 fully saturated rings. The molecule has 0 saturated carbocycles. The molecule has 15 heavy (non-hydrogen) atoms. The van der Waals surface area contributed by atoms with E-state index in [0.29, 0.717) is 32.3 Å². The van der Waals surface area contributed by atoms with Crippen molar-refractivity contribution < 1.29 is 18.9 Å². The van der Waals surface area contributed by atoms with Gasteiger partial charge in [-0.05, 0) is 5.92 Å². The minimum Gasteiger partial charge on any atom is -0.382 e. The highest BCUT2D eigenvalue weighted by Crippen LogP contribution is 1.97. The second-order valence-corrected chi connectivity index (χ2v) is 3.86. The number of ether oxygens (including phenoxy) is 4. The van der Waals surface area contributed by atoms with E-state index in [0.717, 1.165) is 6.61 Å². The predicted molar refractivity (Wildman–Crippen MR) is 59.1 cm³/mol. The zero-order valence-electron chi connectivity index (χ0n) is 10.3. The summed E-state index contributed by atoms with van der Waals surface area (Å²) in [4.78, 5) is 0. The highest BCUT2D eigenvalue weighted by molar-refractivity contribution is 4.54. The van der Waals surface area contributed by atoms with Crippen LogP contribution in [0.3, 0.4) is 0 Å². The third-order valence-electron chi connectivity index (χ3n) is 1.82. The molecule has 0 radical (unpaired) electrons. The lowest BCUT2D eigenvalue weighted by atomic mass is 10.2. The second-order valence-electron chi connectivity index (χ2n) is 3.86. The molecule has 0 aromatic heterocycles. The molecule has 0 saturated heterocycles. The fourth-order valence-electron chi connectivity index (χ4n) is 0.976. The van der Waals surface area contributed by atoms with Crippen LogP contribution in [-0.2, 0) is 18.9 Å². The van der Waals surface area contributed by atoms with Crippen LogP contribution in [0.4, 0.5) is 0 Å². The van der Waals surface area contributed by atoms with E-state index in [1.54, 1.807) is 14.2 Å². The van der Waals surface area contributed by atoms with Crippen LogP contribution in [0.1, 0.15) is 13.8 Å². The van der Waals surface area contributed by atoms with Gasteiger partial charge in [-0.3, -0.25) is 0 Å². The molecule has 92 valence electrons. The van der Waals surface area contributed by atoms with Gasteiger partial charge in [0.25, 0.3) is 0 Å². The third-order valence-corrected chi connectivity index (χ3v) is 1.82. The summed E-state index contributed by atoms with van der Waals surface area (Å²) in [5, 5.41) is 0. The quantitative estimate of drug-likeness (QED) is 0.521. The summed E-state index contributed by atoms with van der Waals surface area (Å²) in [5.41, 5.74) is 0. The van der Waals surface area contributed by atoms with Gasteiger partial charge in [-0.2, -0.15) is 0 Å². The number of rotatable bonds is 10. The van der Waals surface area contributed by atoms with Gasteiger partial charge in [0, 0.05) is 20.8 Å². The largest absolute Gasteiger partial charge is 0.382 e. The van der Waals surface area contributed by atoms with Crippen molar-refractivity contribution in [2.45, 2.75) is 20.0 Å². The zero-order chi connectivity index (χ0) is 11.5. The average molecular weight is 220 g/mol. The van der Waals surface area contributed by atoms with E-state index < -0.39 is 0 Å². The Morgan fingerprint density at radius 2 is 1.53 bits per heavy atom. The van der Waals surface area contributed by atoms with Crippen molar-refractivity contribution in [2.24, 2.45) is 5.92 Å². The summed E-state index contributed by atoms with van der Waals surface area (Å²) in [6, 6.07) is 0. The summed E-state index contributed by atoms with van der Waals surface area (Å²) >= 11 is 0. The second kappa shape index (κ2) is 10.4. The highest BCUT2D eigenvalue weighted by atomic mass is 16.6. The average Bonchev–Trinajstić information content (AvgIpc) is 2.21. The van der Waals surface area contributed by atoms with E-state index >= 15 is 0 Å². The van der Waals surface area contributed by atoms with Crippen LogP contribution in [0.25, 0.3) is 0 Å². The normalized spacial score (nSPS) is 13.4. The first-order chi connectivity index (χ1) is 7.20. The molecule has 0 aromatic rings. The smallest absolute Gasteiger partial charge is 0.104 e. The highest BCUT2D eigenvalue weighted by Gasteiger charge is 2.07. The first-order valence-corrected chi connectivity index (χ1v) is 5.38. The molecular formula is C11H24O4. The van der Waals surface area contributed by atoms with Gasteiger partial charge in [0.05, 0.1) is 26.4 Å². The van der Waals surface area contributed by atoms with E-state index in [4.69, 9.17) is 18.9 Å². The molecule has 0 aromatic carbocycles.